The number of carbonyl (C=O) groups excluding carboxylic acids is 2. The third-order valence-corrected chi connectivity index (χ3v) is 4.78. The Labute approximate surface area is 160 Å². The van der Waals surface area contributed by atoms with Gasteiger partial charge in [-0.15, -0.1) is 0 Å². The van der Waals surface area contributed by atoms with Crippen LogP contribution in [0.2, 0.25) is 0 Å². The molecule has 1 saturated heterocycles. The van der Waals surface area contributed by atoms with E-state index in [2.05, 4.69) is 5.32 Å². The summed E-state index contributed by atoms with van der Waals surface area (Å²) in [5, 5.41) is 2.92. The molecule has 2 N–H and O–H groups in total. The SMILES string of the molecule is CC(C(=O)c1ccccc1)[NH+]1CCN(C(=O)Nc2ccccc2)CC1.[Cl-]. The molecule has 0 spiro atoms. The van der Waals surface area contributed by atoms with Crippen LogP contribution in [0.1, 0.15) is 17.3 Å². The van der Waals surface area contributed by atoms with E-state index in [-0.39, 0.29) is 30.3 Å². The van der Waals surface area contributed by atoms with Gasteiger partial charge in [0.05, 0.1) is 26.2 Å². The second-order valence-corrected chi connectivity index (χ2v) is 6.39. The van der Waals surface area contributed by atoms with Crippen molar-refractivity contribution in [1.29, 1.82) is 0 Å². The number of hydrogen-bond donors (Lipinski definition) is 2. The van der Waals surface area contributed by atoms with E-state index in [4.69, 9.17) is 0 Å². The lowest BCUT2D eigenvalue weighted by Gasteiger charge is -2.34. The van der Waals surface area contributed by atoms with E-state index < -0.39 is 0 Å². The van der Waals surface area contributed by atoms with E-state index in [1.165, 1.54) is 4.90 Å². The molecule has 1 heterocycles. The van der Waals surface area contributed by atoms with E-state index in [9.17, 15) is 9.59 Å². The minimum atomic E-state index is -0.0956. The second-order valence-electron chi connectivity index (χ2n) is 6.39. The van der Waals surface area contributed by atoms with Gasteiger partial charge in [0.1, 0.15) is 6.04 Å². The van der Waals surface area contributed by atoms with Crippen LogP contribution in [0, 0.1) is 0 Å². The summed E-state index contributed by atoms with van der Waals surface area (Å²) in [6.45, 7) is 4.84. The van der Waals surface area contributed by atoms with E-state index in [0.717, 1.165) is 24.3 Å². The summed E-state index contributed by atoms with van der Waals surface area (Å²) >= 11 is 0. The van der Waals surface area contributed by atoms with Crippen molar-refractivity contribution < 1.29 is 26.9 Å². The number of urea groups is 1. The molecule has 1 aliphatic rings. The quantitative estimate of drug-likeness (QED) is 0.654. The predicted octanol–water partition coefficient (Wildman–Crippen LogP) is -1.31. The van der Waals surface area contributed by atoms with Crippen LogP contribution in [0.15, 0.2) is 60.7 Å². The zero-order valence-electron chi connectivity index (χ0n) is 14.8. The van der Waals surface area contributed by atoms with E-state index >= 15 is 0 Å². The lowest BCUT2D eigenvalue weighted by atomic mass is 10.0. The average molecular weight is 374 g/mol. The summed E-state index contributed by atoms with van der Waals surface area (Å²) in [5.74, 6) is 0.165. The van der Waals surface area contributed by atoms with Gasteiger partial charge >= 0.3 is 6.03 Å². The Morgan fingerprint density at radius 3 is 2.08 bits per heavy atom. The maximum Gasteiger partial charge on any atom is 0.322 e. The first-order valence-corrected chi connectivity index (χ1v) is 8.70. The highest BCUT2D eigenvalue weighted by Crippen LogP contribution is 2.07. The van der Waals surface area contributed by atoms with Gasteiger partial charge in [-0.3, -0.25) is 4.79 Å². The Hall–Kier alpha value is -2.37. The zero-order chi connectivity index (χ0) is 17.6. The van der Waals surface area contributed by atoms with Gasteiger partial charge in [0, 0.05) is 11.3 Å². The van der Waals surface area contributed by atoms with E-state index in [0.29, 0.717) is 13.1 Å². The molecule has 138 valence electrons. The number of ketones is 1. The van der Waals surface area contributed by atoms with Crippen LogP contribution < -0.4 is 22.6 Å². The number of nitrogens with one attached hydrogen (secondary N) is 2. The van der Waals surface area contributed by atoms with Crippen molar-refractivity contribution in [3.63, 3.8) is 0 Å². The standard InChI is InChI=1S/C20H23N3O2.ClH/c1-16(19(24)17-8-4-2-5-9-17)22-12-14-23(15-13-22)20(25)21-18-10-6-3-7-11-18;/h2-11,16H,12-15H2,1H3,(H,21,25);1H. The number of hydrogen-bond acceptors (Lipinski definition) is 2. The molecule has 2 aromatic rings. The van der Waals surface area contributed by atoms with Gasteiger partial charge in [0.15, 0.2) is 0 Å². The average Bonchev–Trinajstić information content (AvgIpc) is 2.68. The largest absolute Gasteiger partial charge is 1.00 e. The molecule has 0 aromatic heterocycles. The third kappa shape index (κ3) is 4.84. The molecule has 0 radical (unpaired) electrons. The van der Waals surface area contributed by atoms with Gasteiger partial charge in [0.2, 0.25) is 5.78 Å². The number of benzene rings is 2. The number of anilines is 1. The monoisotopic (exact) mass is 373 g/mol. The minimum Gasteiger partial charge on any atom is -1.00 e. The number of nitrogens with zero attached hydrogens (tertiary/aromatic N) is 1. The van der Waals surface area contributed by atoms with Gasteiger partial charge in [-0.2, -0.15) is 0 Å². The molecular weight excluding hydrogens is 350 g/mol. The van der Waals surface area contributed by atoms with Crippen molar-refractivity contribution in [3.8, 4) is 0 Å². The molecule has 0 bridgehead atoms. The molecule has 1 aliphatic heterocycles. The van der Waals surface area contributed by atoms with Gasteiger partial charge in [0.25, 0.3) is 0 Å². The number of para-hydroxylation sites is 1. The van der Waals surface area contributed by atoms with Crippen LogP contribution >= 0.6 is 0 Å². The Bertz CT molecular complexity index is 716. The Morgan fingerprint density at radius 1 is 0.962 bits per heavy atom. The summed E-state index contributed by atoms with van der Waals surface area (Å²) in [5.41, 5.74) is 1.56. The van der Waals surface area contributed by atoms with Crippen LogP contribution in [0.5, 0.6) is 0 Å². The summed E-state index contributed by atoms with van der Waals surface area (Å²) < 4.78 is 0. The fourth-order valence-electron chi connectivity index (χ4n) is 3.19. The fraction of sp³-hybridized carbons (Fsp3) is 0.300. The van der Waals surface area contributed by atoms with Gasteiger partial charge in [-0.05, 0) is 19.1 Å². The van der Waals surface area contributed by atoms with Gasteiger partial charge in [-0.25, -0.2) is 4.79 Å². The summed E-state index contributed by atoms with van der Waals surface area (Å²) in [4.78, 5) is 28.0. The molecule has 1 atom stereocenters. The van der Waals surface area contributed by atoms with Crippen molar-refractivity contribution >= 4 is 17.5 Å². The summed E-state index contributed by atoms with van der Waals surface area (Å²) in [6.07, 6.45) is 0. The first kappa shape index (κ1) is 19.9. The molecule has 1 unspecified atom stereocenters. The number of rotatable bonds is 4. The number of piperazine rings is 1. The fourth-order valence-corrected chi connectivity index (χ4v) is 3.19. The Morgan fingerprint density at radius 2 is 1.50 bits per heavy atom. The van der Waals surface area contributed by atoms with Gasteiger partial charge in [-0.1, -0.05) is 48.5 Å². The van der Waals surface area contributed by atoms with E-state index in [1.54, 1.807) is 0 Å². The summed E-state index contributed by atoms with van der Waals surface area (Å²) in [7, 11) is 0. The van der Waals surface area contributed by atoms with Crippen LogP contribution in [0.25, 0.3) is 0 Å². The maximum absolute atomic E-state index is 12.6. The highest BCUT2D eigenvalue weighted by molar-refractivity contribution is 5.98. The third-order valence-electron chi connectivity index (χ3n) is 4.78. The summed E-state index contributed by atoms with van der Waals surface area (Å²) in [6, 6.07) is 18.7. The van der Waals surface area contributed by atoms with Crippen LogP contribution in [-0.2, 0) is 0 Å². The Balaban J connectivity index is 0.00000243. The highest BCUT2D eigenvalue weighted by Gasteiger charge is 2.31. The first-order chi connectivity index (χ1) is 12.1. The zero-order valence-corrected chi connectivity index (χ0v) is 15.6. The lowest BCUT2D eigenvalue weighted by Crippen LogP contribution is -3.18. The van der Waals surface area contributed by atoms with Crippen LogP contribution in [0.3, 0.4) is 0 Å². The van der Waals surface area contributed by atoms with Crippen molar-refractivity contribution in [2.45, 2.75) is 13.0 Å². The van der Waals surface area contributed by atoms with Crippen LogP contribution in [-0.4, -0.2) is 48.9 Å². The molecule has 2 aromatic carbocycles. The van der Waals surface area contributed by atoms with Crippen LogP contribution in [0.4, 0.5) is 10.5 Å². The number of halogens is 1. The molecule has 6 heteroatoms. The molecule has 5 nitrogen and oxygen atoms in total. The number of amides is 2. The normalized spacial score (nSPS) is 15.7. The molecule has 0 aliphatic carbocycles. The highest BCUT2D eigenvalue weighted by atomic mass is 35.5. The number of quaternary nitrogens is 1. The maximum atomic E-state index is 12.6. The molecule has 3 rings (SSSR count). The molecule has 26 heavy (non-hydrogen) atoms. The topological polar surface area (TPSA) is 53.9 Å². The van der Waals surface area contributed by atoms with Gasteiger partial charge < -0.3 is 27.5 Å². The van der Waals surface area contributed by atoms with Crippen molar-refractivity contribution in [2.24, 2.45) is 0 Å². The number of Topliss-reactive ketones (excluding diaryl/α,β-unsaturated/α-hetero) is 1. The molecule has 0 saturated carbocycles. The molecular formula is C20H24ClN3O2. The number of carbonyl (C=O) groups is 2. The Kier molecular flexibility index (Phi) is 7.18. The minimum absolute atomic E-state index is 0. The molecule has 1 fully saturated rings. The lowest BCUT2D eigenvalue weighted by molar-refractivity contribution is -0.917. The van der Waals surface area contributed by atoms with Crippen molar-refractivity contribution in [3.05, 3.63) is 66.2 Å². The molecule has 2 amide bonds. The smallest absolute Gasteiger partial charge is 0.322 e. The predicted molar refractivity (Wildman–Crippen MR) is 98.0 cm³/mol. The van der Waals surface area contributed by atoms with E-state index in [1.807, 2.05) is 72.5 Å². The van der Waals surface area contributed by atoms with Crippen molar-refractivity contribution in [1.82, 2.24) is 4.90 Å². The first-order valence-electron chi connectivity index (χ1n) is 8.70. The van der Waals surface area contributed by atoms with Crippen molar-refractivity contribution in [2.75, 3.05) is 31.5 Å². The second kappa shape index (κ2) is 9.36.